The zero-order chi connectivity index (χ0) is 17.5. The summed E-state index contributed by atoms with van der Waals surface area (Å²) >= 11 is 6.79. The number of halogens is 2. The van der Waals surface area contributed by atoms with Crippen LogP contribution in [0.2, 0.25) is 0 Å². The number of aliphatic carboxylic acids is 1. The van der Waals surface area contributed by atoms with Gasteiger partial charge in [-0.2, -0.15) is 0 Å². The van der Waals surface area contributed by atoms with Gasteiger partial charge in [-0.1, -0.05) is 30.8 Å². The summed E-state index contributed by atoms with van der Waals surface area (Å²) in [6, 6.07) is 14.8. The first-order chi connectivity index (χ1) is 11.5. The monoisotopic (exact) mass is 454 g/mol. The molecule has 0 unspecified atom stereocenters. The first-order valence-electron chi connectivity index (χ1n) is 7.15. The van der Waals surface area contributed by atoms with Crippen LogP contribution in [-0.2, 0) is 4.79 Å². The Hall–Kier alpha value is -1.79. The largest absolute Gasteiger partial charge is 0.492 e. The fourth-order valence-electron chi connectivity index (χ4n) is 1.93. The molecule has 4 nitrogen and oxygen atoms in total. The Bertz CT molecular complexity index is 681. The molecule has 6 heteroatoms. The predicted octanol–water partition coefficient (Wildman–Crippen LogP) is 4.93. The van der Waals surface area contributed by atoms with E-state index in [4.69, 9.17) is 9.47 Å². The highest BCUT2D eigenvalue weighted by Crippen LogP contribution is 2.27. The van der Waals surface area contributed by atoms with Gasteiger partial charge in [0.05, 0.1) is 28.1 Å². The van der Waals surface area contributed by atoms with Crippen LogP contribution in [-0.4, -0.2) is 24.3 Å². The molecule has 2 aromatic carbocycles. The molecule has 0 atom stereocenters. The first-order valence-corrected chi connectivity index (χ1v) is 8.74. The van der Waals surface area contributed by atoms with Crippen molar-refractivity contribution in [2.45, 2.75) is 0 Å². The number of carboxylic acids is 1. The van der Waals surface area contributed by atoms with Crippen molar-refractivity contribution in [3.05, 3.63) is 69.6 Å². The van der Waals surface area contributed by atoms with E-state index in [0.717, 1.165) is 8.95 Å². The van der Waals surface area contributed by atoms with Crippen LogP contribution >= 0.6 is 31.9 Å². The highest BCUT2D eigenvalue weighted by molar-refractivity contribution is 9.10. The number of rotatable bonds is 8. The van der Waals surface area contributed by atoms with Gasteiger partial charge in [0.1, 0.15) is 11.5 Å². The van der Waals surface area contributed by atoms with E-state index in [0.29, 0.717) is 11.5 Å². The Kier molecular flexibility index (Phi) is 6.87. The topological polar surface area (TPSA) is 55.8 Å². The Labute approximate surface area is 157 Å². The van der Waals surface area contributed by atoms with E-state index in [1.165, 1.54) is 0 Å². The lowest BCUT2D eigenvalue weighted by molar-refractivity contribution is -0.133. The van der Waals surface area contributed by atoms with Crippen LogP contribution in [0.1, 0.15) is 0 Å². The number of carbonyl (C=O) groups is 1. The highest BCUT2D eigenvalue weighted by Gasteiger charge is 2.21. The lowest BCUT2D eigenvalue weighted by Gasteiger charge is -2.19. The van der Waals surface area contributed by atoms with Gasteiger partial charge in [-0.05, 0) is 56.1 Å². The second kappa shape index (κ2) is 8.89. The molecule has 0 spiro atoms. The second-order valence-corrected chi connectivity index (χ2v) is 6.72. The van der Waals surface area contributed by atoms with Crippen LogP contribution < -0.4 is 9.47 Å². The number of ether oxygens (including phenoxy) is 2. The zero-order valence-corrected chi connectivity index (χ0v) is 15.9. The maximum Gasteiger partial charge on any atom is 0.331 e. The normalized spacial score (nSPS) is 10.5. The highest BCUT2D eigenvalue weighted by atomic mass is 79.9. The third kappa shape index (κ3) is 5.11. The van der Waals surface area contributed by atoms with Crippen molar-refractivity contribution in [1.82, 2.24) is 0 Å². The third-order valence-electron chi connectivity index (χ3n) is 3.32. The summed E-state index contributed by atoms with van der Waals surface area (Å²) < 4.78 is 13.1. The summed E-state index contributed by atoms with van der Waals surface area (Å²) in [6.45, 7) is 3.94. The summed E-state index contributed by atoms with van der Waals surface area (Å²) in [4.78, 5) is 11.3. The number of carboxylic acid groups (broad SMARTS) is 1. The molecule has 126 valence electrons. The van der Waals surface area contributed by atoms with Crippen LogP contribution in [0.4, 0.5) is 0 Å². The molecule has 0 amide bonds. The Morgan fingerprint density at radius 2 is 1.38 bits per heavy atom. The Balaban J connectivity index is 2.05. The summed E-state index contributed by atoms with van der Waals surface area (Å²) in [5.74, 6) is -0.267. The van der Waals surface area contributed by atoms with Crippen LogP contribution in [0.3, 0.4) is 0 Å². The van der Waals surface area contributed by atoms with Gasteiger partial charge in [-0.3, -0.25) is 0 Å². The number of hydrogen-bond donors (Lipinski definition) is 1. The first kappa shape index (κ1) is 18.5. The van der Waals surface area contributed by atoms with E-state index in [-0.39, 0.29) is 18.8 Å². The SMILES string of the molecule is C=C(C(=O)O)C(COc1ccccc1Br)COc1ccccc1Br. The van der Waals surface area contributed by atoms with E-state index in [1.807, 2.05) is 36.4 Å². The minimum atomic E-state index is -1.06. The van der Waals surface area contributed by atoms with Gasteiger partial charge in [-0.25, -0.2) is 4.79 Å². The minimum absolute atomic E-state index is 0.0501. The molecule has 0 aromatic heterocycles. The molecule has 2 aromatic rings. The Morgan fingerprint density at radius 3 is 1.75 bits per heavy atom. The van der Waals surface area contributed by atoms with Crippen molar-refractivity contribution in [2.24, 2.45) is 5.92 Å². The van der Waals surface area contributed by atoms with Crippen molar-refractivity contribution in [2.75, 3.05) is 13.2 Å². The van der Waals surface area contributed by atoms with E-state index < -0.39 is 11.9 Å². The lowest BCUT2D eigenvalue weighted by Crippen LogP contribution is -2.25. The maximum atomic E-state index is 11.3. The fourth-order valence-corrected chi connectivity index (χ4v) is 2.73. The number of para-hydroxylation sites is 2. The summed E-state index contributed by atoms with van der Waals surface area (Å²) in [7, 11) is 0. The predicted molar refractivity (Wildman–Crippen MR) is 99.5 cm³/mol. The molecule has 0 bridgehead atoms. The number of hydrogen-bond acceptors (Lipinski definition) is 3. The van der Waals surface area contributed by atoms with E-state index in [1.54, 1.807) is 12.1 Å². The molecular formula is C18H16Br2O4. The van der Waals surface area contributed by atoms with E-state index in [9.17, 15) is 9.90 Å². The van der Waals surface area contributed by atoms with Crippen LogP contribution in [0, 0.1) is 5.92 Å². The molecule has 2 rings (SSSR count). The van der Waals surface area contributed by atoms with E-state index >= 15 is 0 Å². The third-order valence-corrected chi connectivity index (χ3v) is 4.63. The molecule has 0 heterocycles. The molecule has 0 saturated heterocycles. The standard InChI is InChI=1S/C18H16Br2O4/c1-12(18(21)22)13(10-23-16-8-4-2-6-14(16)19)11-24-17-9-5-3-7-15(17)20/h2-9,13H,1,10-11H2,(H,21,22). The number of benzene rings is 2. The van der Waals surface area contributed by atoms with Crippen LogP contribution in [0.15, 0.2) is 69.6 Å². The van der Waals surface area contributed by atoms with Crippen molar-refractivity contribution in [3.63, 3.8) is 0 Å². The summed E-state index contributed by atoms with van der Waals surface area (Å²) in [6.07, 6.45) is 0. The van der Waals surface area contributed by atoms with Crippen molar-refractivity contribution >= 4 is 37.8 Å². The zero-order valence-electron chi connectivity index (χ0n) is 12.7. The molecule has 0 radical (unpaired) electrons. The molecule has 0 aliphatic carbocycles. The quantitative estimate of drug-likeness (QED) is 0.573. The van der Waals surface area contributed by atoms with Crippen molar-refractivity contribution in [1.29, 1.82) is 0 Å². The van der Waals surface area contributed by atoms with Gasteiger partial charge >= 0.3 is 5.97 Å². The lowest BCUT2D eigenvalue weighted by atomic mass is 10.0. The molecule has 1 N–H and O–H groups in total. The van der Waals surface area contributed by atoms with Gasteiger partial charge in [0.15, 0.2) is 0 Å². The van der Waals surface area contributed by atoms with Crippen molar-refractivity contribution in [3.8, 4) is 11.5 Å². The van der Waals surface area contributed by atoms with Crippen LogP contribution in [0.5, 0.6) is 11.5 Å². The molecule has 24 heavy (non-hydrogen) atoms. The van der Waals surface area contributed by atoms with Gasteiger partial charge in [-0.15, -0.1) is 0 Å². The molecule has 0 fully saturated rings. The molecular weight excluding hydrogens is 440 g/mol. The van der Waals surface area contributed by atoms with E-state index in [2.05, 4.69) is 38.4 Å². The van der Waals surface area contributed by atoms with Crippen molar-refractivity contribution < 1.29 is 19.4 Å². The Morgan fingerprint density at radius 1 is 0.958 bits per heavy atom. The average Bonchev–Trinajstić information content (AvgIpc) is 2.57. The van der Waals surface area contributed by atoms with Gasteiger partial charge in [0.25, 0.3) is 0 Å². The van der Waals surface area contributed by atoms with Gasteiger partial charge < -0.3 is 14.6 Å². The summed E-state index contributed by atoms with van der Waals surface area (Å²) in [5, 5.41) is 9.23. The average molecular weight is 456 g/mol. The fraction of sp³-hybridized carbons (Fsp3) is 0.167. The molecule has 0 saturated carbocycles. The maximum absolute atomic E-state index is 11.3. The molecule has 0 aliphatic heterocycles. The summed E-state index contributed by atoms with van der Waals surface area (Å²) in [5.41, 5.74) is 0.0501. The van der Waals surface area contributed by atoms with Crippen LogP contribution in [0.25, 0.3) is 0 Å². The minimum Gasteiger partial charge on any atom is -0.492 e. The van der Waals surface area contributed by atoms with Gasteiger partial charge in [0, 0.05) is 5.57 Å². The van der Waals surface area contributed by atoms with Gasteiger partial charge in [0.2, 0.25) is 0 Å². The second-order valence-electron chi connectivity index (χ2n) is 5.01. The molecule has 0 aliphatic rings. The smallest absolute Gasteiger partial charge is 0.331 e.